The van der Waals surface area contributed by atoms with Gasteiger partial charge in [0.25, 0.3) is 0 Å². The second kappa shape index (κ2) is 9.11. The van der Waals surface area contributed by atoms with Crippen molar-refractivity contribution in [3.05, 3.63) is 18.0 Å². The predicted molar refractivity (Wildman–Crippen MR) is 74.7 cm³/mol. The van der Waals surface area contributed by atoms with Gasteiger partial charge in [-0.1, -0.05) is 13.8 Å². The second-order valence-electron chi connectivity index (χ2n) is 4.50. The highest BCUT2D eigenvalue weighted by Gasteiger charge is 2.10. The normalized spacial score (nSPS) is 12.8. The third-order valence-corrected chi connectivity index (χ3v) is 2.98. The molecule has 0 aliphatic rings. The summed E-state index contributed by atoms with van der Waals surface area (Å²) in [6.07, 6.45) is 7.43. The summed E-state index contributed by atoms with van der Waals surface area (Å²) in [5, 5.41) is 7.96. The molecular formula is C14H27N3O. The number of aromatic nitrogens is 2. The number of hydrogen-bond acceptors (Lipinski definition) is 3. The van der Waals surface area contributed by atoms with Gasteiger partial charge in [-0.15, -0.1) is 0 Å². The Morgan fingerprint density at radius 2 is 2.22 bits per heavy atom. The van der Waals surface area contributed by atoms with Crippen LogP contribution in [0.15, 0.2) is 12.4 Å². The smallest absolute Gasteiger partial charge is 0.0537 e. The molecule has 1 heterocycles. The molecule has 4 heteroatoms. The summed E-state index contributed by atoms with van der Waals surface area (Å²) in [5.41, 5.74) is 1.29. The third-order valence-electron chi connectivity index (χ3n) is 2.98. The van der Waals surface area contributed by atoms with Crippen molar-refractivity contribution in [1.29, 1.82) is 0 Å². The average Bonchev–Trinajstić information content (AvgIpc) is 2.84. The van der Waals surface area contributed by atoms with E-state index in [4.69, 9.17) is 4.74 Å². The van der Waals surface area contributed by atoms with Gasteiger partial charge >= 0.3 is 0 Å². The zero-order valence-corrected chi connectivity index (χ0v) is 12.0. The Kier molecular flexibility index (Phi) is 7.69. The maximum atomic E-state index is 5.33. The molecule has 1 aromatic heterocycles. The Morgan fingerprint density at radius 1 is 1.39 bits per heavy atom. The minimum atomic E-state index is 0.436. The SMILES string of the molecule is CCCNC(CC)c1cnn(CCCOCC)c1. The monoisotopic (exact) mass is 253 g/mol. The predicted octanol–water partition coefficient (Wildman–Crippen LogP) is 2.76. The number of aryl methyl sites for hydroxylation is 1. The summed E-state index contributed by atoms with van der Waals surface area (Å²) < 4.78 is 7.35. The van der Waals surface area contributed by atoms with Crippen LogP contribution in [0.3, 0.4) is 0 Å². The number of nitrogens with one attached hydrogen (secondary N) is 1. The van der Waals surface area contributed by atoms with Gasteiger partial charge in [-0.25, -0.2) is 0 Å². The summed E-state index contributed by atoms with van der Waals surface area (Å²) in [6.45, 7) is 10.0. The largest absolute Gasteiger partial charge is 0.382 e. The first kappa shape index (κ1) is 15.2. The fraction of sp³-hybridized carbons (Fsp3) is 0.786. The van der Waals surface area contributed by atoms with E-state index in [1.165, 1.54) is 12.0 Å². The van der Waals surface area contributed by atoms with E-state index >= 15 is 0 Å². The van der Waals surface area contributed by atoms with Crippen LogP contribution in [0.2, 0.25) is 0 Å². The highest BCUT2D eigenvalue weighted by Crippen LogP contribution is 2.15. The minimum Gasteiger partial charge on any atom is -0.382 e. The molecule has 1 aromatic rings. The summed E-state index contributed by atoms with van der Waals surface area (Å²) in [5.74, 6) is 0. The van der Waals surface area contributed by atoms with E-state index < -0.39 is 0 Å². The topological polar surface area (TPSA) is 39.1 Å². The van der Waals surface area contributed by atoms with Gasteiger partial charge in [-0.05, 0) is 32.7 Å². The Morgan fingerprint density at radius 3 is 2.89 bits per heavy atom. The molecule has 1 atom stereocenters. The van der Waals surface area contributed by atoms with Crippen molar-refractivity contribution >= 4 is 0 Å². The molecule has 1 N–H and O–H groups in total. The molecule has 104 valence electrons. The Balaban J connectivity index is 2.40. The van der Waals surface area contributed by atoms with Crippen molar-refractivity contribution < 1.29 is 4.74 Å². The quantitative estimate of drug-likeness (QED) is 0.652. The summed E-state index contributed by atoms with van der Waals surface area (Å²) in [6, 6.07) is 0.436. The van der Waals surface area contributed by atoms with Crippen LogP contribution < -0.4 is 5.32 Å². The lowest BCUT2D eigenvalue weighted by atomic mass is 10.1. The van der Waals surface area contributed by atoms with Crippen LogP contribution in [0, 0.1) is 0 Å². The van der Waals surface area contributed by atoms with Gasteiger partial charge in [0.15, 0.2) is 0 Å². The van der Waals surface area contributed by atoms with Crippen molar-refractivity contribution in [2.45, 2.75) is 52.6 Å². The molecule has 0 saturated carbocycles. The lowest BCUT2D eigenvalue weighted by Crippen LogP contribution is -2.21. The van der Waals surface area contributed by atoms with Crippen LogP contribution in [0.5, 0.6) is 0 Å². The zero-order chi connectivity index (χ0) is 13.2. The molecule has 0 aromatic carbocycles. The van der Waals surface area contributed by atoms with Gasteiger partial charge in [0.1, 0.15) is 0 Å². The van der Waals surface area contributed by atoms with Gasteiger partial charge < -0.3 is 10.1 Å². The van der Waals surface area contributed by atoms with Crippen molar-refractivity contribution in [2.24, 2.45) is 0 Å². The summed E-state index contributed by atoms with van der Waals surface area (Å²) in [4.78, 5) is 0. The first-order valence-electron chi connectivity index (χ1n) is 7.15. The van der Waals surface area contributed by atoms with Crippen molar-refractivity contribution in [1.82, 2.24) is 15.1 Å². The molecule has 0 amide bonds. The molecule has 0 saturated heterocycles. The molecule has 1 rings (SSSR count). The van der Waals surface area contributed by atoms with Gasteiger partial charge in [0, 0.05) is 37.6 Å². The molecule has 0 aliphatic heterocycles. The molecule has 0 fully saturated rings. The maximum Gasteiger partial charge on any atom is 0.0537 e. The Bertz CT molecular complexity index is 312. The molecule has 18 heavy (non-hydrogen) atoms. The second-order valence-corrected chi connectivity index (χ2v) is 4.50. The Hall–Kier alpha value is -0.870. The van der Waals surface area contributed by atoms with E-state index in [0.717, 1.165) is 39.1 Å². The van der Waals surface area contributed by atoms with Crippen LogP contribution in [-0.4, -0.2) is 29.5 Å². The molecular weight excluding hydrogens is 226 g/mol. The molecule has 0 spiro atoms. The number of hydrogen-bond donors (Lipinski definition) is 1. The maximum absolute atomic E-state index is 5.33. The zero-order valence-electron chi connectivity index (χ0n) is 12.0. The van der Waals surface area contributed by atoms with Gasteiger partial charge in [-0.3, -0.25) is 4.68 Å². The van der Waals surface area contributed by atoms with E-state index in [-0.39, 0.29) is 0 Å². The van der Waals surface area contributed by atoms with E-state index in [1.807, 2.05) is 17.8 Å². The van der Waals surface area contributed by atoms with Crippen molar-refractivity contribution in [3.63, 3.8) is 0 Å². The van der Waals surface area contributed by atoms with E-state index in [2.05, 4.69) is 30.5 Å². The number of ether oxygens (including phenoxy) is 1. The van der Waals surface area contributed by atoms with Gasteiger partial charge in [0.2, 0.25) is 0 Å². The highest BCUT2D eigenvalue weighted by molar-refractivity contribution is 5.10. The van der Waals surface area contributed by atoms with E-state index in [0.29, 0.717) is 6.04 Å². The standard InChI is InChI=1S/C14H27N3O/c1-4-8-15-14(5-2)13-11-16-17(12-13)9-7-10-18-6-3/h11-12,14-15H,4-10H2,1-3H3. The molecule has 4 nitrogen and oxygen atoms in total. The van der Waals surface area contributed by atoms with Crippen molar-refractivity contribution in [2.75, 3.05) is 19.8 Å². The fourth-order valence-electron chi connectivity index (χ4n) is 1.97. The first-order chi connectivity index (χ1) is 8.81. The van der Waals surface area contributed by atoms with Crippen LogP contribution in [-0.2, 0) is 11.3 Å². The Labute approximate surface area is 111 Å². The van der Waals surface area contributed by atoms with Crippen LogP contribution >= 0.6 is 0 Å². The first-order valence-corrected chi connectivity index (χ1v) is 7.15. The minimum absolute atomic E-state index is 0.436. The molecule has 1 unspecified atom stereocenters. The number of rotatable bonds is 10. The number of nitrogens with zero attached hydrogens (tertiary/aromatic N) is 2. The van der Waals surface area contributed by atoms with Crippen molar-refractivity contribution in [3.8, 4) is 0 Å². The van der Waals surface area contributed by atoms with E-state index in [9.17, 15) is 0 Å². The lowest BCUT2D eigenvalue weighted by Gasteiger charge is -2.14. The molecule has 0 radical (unpaired) electrons. The average molecular weight is 253 g/mol. The van der Waals surface area contributed by atoms with Gasteiger partial charge in [-0.2, -0.15) is 5.10 Å². The van der Waals surface area contributed by atoms with Crippen LogP contribution in [0.1, 0.15) is 51.6 Å². The van der Waals surface area contributed by atoms with E-state index in [1.54, 1.807) is 0 Å². The molecule has 0 bridgehead atoms. The fourth-order valence-corrected chi connectivity index (χ4v) is 1.97. The summed E-state index contributed by atoms with van der Waals surface area (Å²) in [7, 11) is 0. The highest BCUT2D eigenvalue weighted by atomic mass is 16.5. The van der Waals surface area contributed by atoms with Crippen LogP contribution in [0.4, 0.5) is 0 Å². The summed E-state index contributed by atoms with van der Waals surface area (Å²) >= 11 is 0. The third kappa shape index (κ3) is 5.19. The molecule has 0 aliphatic carbocycles. The lowest BCUT2D eigenvalue weighted by molar-refractivity contribution is 0.141. The van der Waals surface area contributed by atoms with Crippen LogP contribution in [0.25, 0.3) is 0 Å². The van der Waals surface area contributed by atoms with Gasteiger partial charge in [0.05, 0.1) is 6.20 Å².